The molecule has 10 nitrogen and oxygen atoms in total. The normalized spacial score (nSPS) is 10.9. The van der Waals surface area contributed by atoms with Crippen LogP contribution in [-0.4, -0.2) is 59.6 Å². The molecule has 46 heavy (non-hydrogen) atoms. The SMILES string of the molecule is COc1nc(-c2cccc(-c3cccc(-c4ccc(CNCCCC(=O)O)c(OC)n4)c3Cl)c2Cl)ccc1CCCCNC(=O)O. The molecular formula is C34H36Cl2N4O6. The number of carboxylic acid groups (broad SMARTS) is 2. The lowest BCUT2D eigenvalue weighted by Crippen LogP contribution is -2.21. The number of aliphatic carboxylic acids is 1. The van der Waals surface area contributed by atoms with Crippen molar-refractivity contribution >= 4 is 35.3 Å². The van der Waals surface area contributed by atoms with Crippen molar-refractivity contribution < 1.29 is 29.3 Å². The van der Waals surface area contributed by atoms with Crippen LogP contribution in [0.1, 0.15) is 36.8 Å². The third-order valence-electron chi connectivity index (χ3n) is 7.31. The van der Waals surface area contributed by atoms with E-state index in [1.807, 2.05) is 60.7 Å². The number of benzene rings is 2. The van der Waals surface area contributed by atoms with E-state index in [2.05, 4.69) is 10.6 Å². The van der Waals surface area contributed by atoms with Crippen molar-refractivity contribution in [1.82, 2.24) is 20.6 Å². The van der Waals surface area contributed by atoms with Gasteiger partial charge in [-0.05, 0) is 44.4 Å². The number of rotatable bonds is 16. The molecule has 0 saturated heterocycles. The molecule has 2 aromatic heterocycles. The van der Waals surface area contributed by atoms with Crippen LogP contribution in [0.2, 0.25) is 10.0 Å². The van der Waals surface area contributed by atoms with Crippen LogP contribution in [0.15, 0.2) is 60.7 Å². The van der Waals surface area contributed by atoms with Gasteiger partial charge in [0, 0.05) is 52.9 Å². The van der Waals surface area contributed by atoms with E-state index in [1.165, 1.54) is 0 Å². The van der Waals surface area contributed by atoms with E-state index in [0.717, 1.165) is 34.2 Å². The summed E-state index contributed by atoms with van der Waals surface area (Å²) in [6.45, 7) is 1.43. The maximum Gasteiger partial charge on any atom is 0.404 e. The highest BCUT2D eigenvalue weighted by Crippen LogP contribution is 2.42. The van der Waals surface area contributed by atoms with Gasteiger partial charge in [0.25, 0.3) is 0 Å². The van der Waals surface area contributed by atoms with Crippen molar-refractivity contribution in [3.8, 4) is 45.4 Å². The molecule has 4 rings (SSSR count). The van der Waals surface area contributed by atoms with Crippen molar-refractivity contribution in [3.05, 3.63) is 81.8 Å². The molecule has 2 heterocycles. The first-order valence-electron chi connectivity index (χ1n) is 14.8. The first kappa shape index (κ1) is 34.5. The van der Waals surface area contributed by atoms with Gasteiger partial charge in [-0.1, -0.05) is 71.7 Å². The van der Waals surface area contributed by atoms with Crippen LogP contribution in [0.5, 0.6) is 11.8 Å². The summed E-state index contributed by atoms with van der Waals surface area (Å²) in [5.41, 5.74) is 5.93. The Kier molecular flexibility index (Phi) is 12.6. The molecule has 0 fully saturated rings. The molecule has 12 heteroatoms. The molecule has 4 aromatic rings. The molecule has 0 atom stereocenters. The van der Waals surface area contributed by atoms with Crippen molar-refractivity contribution in [1.29, 1.82) is 0 Å². The summed E-state index contributed by atoms with van der Waals surface area (Å²) in [4.78, 5) is 30.8. The first-order valence-corrected chi connectivity index (χ1v) is 15.5. The molecule has 0 saturated carbocycles. The van der Waals surface area contributed by atoms with Crippen LogP contribution in [-0.2, 0) is 17.8 Å². The molecule has 2 aromatic carbocycles. The Morgan fingerprint density at radius 1 is 0.717 bits per heavy atom. The molecule has 0 bridgehead atoms. The minimum atomic E-state index is -1.03. The predicted octanol–water partition coefficient (Wildman–Crippen LogP) is 7.35. The van der Waals surface area contributed by atoms with E-state index in [9.17, 15) is 9.59 Å². The molecule has 0 aliphatic heterocycles. The number of hydrogen-bond acceptors (Lipinski definition) is 7. The Bertz CT molecular complexity index is 1560. The number of carboxylic acids is 1. The van der Waals surface area contributed by atoms with Crippen molar-refractivity contribution in [2.75, 3.05) is 27.3 Å². The highest BCUT2D eigenvalue weighted by molar-refractivity contribution is 6.39. The van der Waals surface area contributed by atoms with Crippen LogP contribution < -0.4 is 20.1 Å². The number of nitrogens with one attached hydrogen (secondary N) is 2. The number of aryl methyl sites for hydroxylation is 1. The van der Waals surface area contributed by atoms with Crippen LogP contribution >= 0.6 is 23.2 Å². The standard InChI is InChI=1S/C34H36Cl2N4O6/c1-45-32-21(8-3-4-19-38-34(43)44)14-16-27(39-32)25-11-5-9-23(30(25)35)24-10-6-12-26(31(24)36)28-17-15-22(33(40-28)46-2)20-37-18-7-13-29(41)42/h5-6,9-12,14-17,37-38H,3-4,7-8,13,18-20H2,1-2H3,(H,41,42)(H,43,44). The molecule has 0 radical (unpaired) electrons. The Hall–Kier alpha value is -4.38. The van der Waals surface area contributed by atoms with E-state index in [0.29, 0.717) is 77.7 Å². The number of unbranched alkanes of at least 4 members (excludes halogenated alkanes) is 1. The van der Waals surface area contributed by atoms with Gasteiger partial charge in [-0.3, -0.25) is 4.79 Å². The average Bonchev–Trinajstić information content (AvgIpc) is 3.04. The van der Waals surface area contributed by atoms with E-state index in [1.54, 1.807) is 14.2 Å². The van der Waals surface area contributed by atoms with Gasteiger partial charge in [-0.25, -0.2) is 14.8 Å². The van der Waals surface area contributed by atoms with Gasteiger partial charge in [0.1, 0.15) is 0 Å². The zero-order chi connectivity index (χ0) is 33.1. The number of halogens is 2. The number of nitrogens with zero attached hydrogens (tertiary/aromatic N) is 2. The summed E-state index contributed by atoms with van der Waals surface area (Å²) >= 11 is 14.0. The number of carbonyl (C=O) groups is 2. The van der Waals surface area contributed by atoms with E-state index in [-0.39, 0.29) is 6.42 Å². The van der Waals surface area contributed by atoms with Gasteiger partial charge >= 0.3 is 12.1 Å². The van der Waals surface area contributed by atoms with Crippen LogP contribution in [0, 0.1) is 0 Å². The lowest BCUT2D eigenvalue weighted by molar-refractivity contribution is -0.137. The van der Waals surface area contributed by atoms with Crippen LogP contribution in [0.25, 0.3) is 33.6 Å². The monoisotopic (exact) mass is 666 g/mol. The number of ether oxygens (including phenoxy) is 2. The summed E-state index contributed by atoms with van der Waals surface area (Å²) in [5.74, 6) is 0.121. The quantitative estimate of drug-likeness (QED) is 0.0903. The number of hydrogen-bond donors (Lipinski definition) is 4. The average molecular weight is 668 g/mol. The third-order valence-corrected chi connectivity index (χ3v) is 8.13. The summed E-state index contributed by atoms with van der Waals surface area (Å²) in [7, 11) is 3.12. The lowest BCUT2D eigenvalue weighted by Gasteiger charge is -2.15. The molecule has 1 amide bonds. The maximum absolute atomic E-state index is 10.7. The van der Waals surface area contributed by atoms with Gasteiger partial charge in [0.2, 0.25) is 11.8 Å². The Labute approximate surface area is 277 Å². The molecule has 4 N–H and O–H groups in total. The fourth-order valence-electron chi connectivity index (χ4n) is 5.02. The van der Waals surface area contributed by atoms with Crippen molar-refractivity contribution in [2.45, 2.75) is 38.6 Å². The second-order valence-corrected chi connectivity index (χ2v) is 11.2. The number of methoxy groups -OCH3 is 2. The lowest BCUT2D eigenvalue weighted by atomic mass is 9.98. The number of pyridine rings is 2. The maximum atomic E-state index is 10.7. The number of aromatic nitrogens is 2. The molecule has 0 aliphatic carbocycles. The van der Waals surface area contributed by atoms with E-state index in [4.69, 9.17) is 52.9 Å². The Balaban J connectivity index is 1.57. The van der Waals surface area contributed by atoms with Crippen molar-refractivity contribution in [3.63, 3.8) is 0 Å². The van der Waals surface area contributed by atoms with Crippen LogP contribution in [0.3, 0.4) is 0 Å². The molecule has 242 valence electrons. The highest BCUT2D eigenvalue weighted by atomic mass is 35.5. The molecule has 0 spiro atoms. The van der Waals surface area contributed by atoms with Gasteiger partial charge in [0.05, 0.1) is 35.7 Å². The smallest absolute Gasteiger partial charge is 0.404 e. The van der Waals surface area contributed by atoms with Gasteiger partial charge in [-0.2, -0.15) is 0 Å². The number of amides is 1. The summed E-state index contributed by atoms with van der Waals surface area (Å²) in [5, 5.41) is 24.1. The predicted molar refractivity (Wildman–Crippen MR) is 179 cm³/mol. The van der Waals surface area contributed by atoms with Crippen molar-refractivity contribution in [2.24, 2.45) is 0 Å². The zero-order valence-corrected chi connectivity index (χ0v) is 27.1. The third kappa shape index (κ3) is 8.87. The summed E-state index contributed by atoms with van der Waals surface area (Å²) in [6, 6.07) is 19.0. The summed E-state index contributed by atoms with van der Waals surface area (Å²) < 4.78 is 11.1. The minimum absolute atomic E-state index is 0.108. The molecular weight excluding hydrogens is 631 g/mol. The fraction of sp³-hybridized carbons (Fsp3) is 0.294. The molecule has 0 aliphatic rings. The first-order chi connectivity index (χ1) is 22.2. The zero-order valence-electron chi connectivity index (χ0n) is 25.6. The topological polar surface area (TPSA) is 143 Å². The van der Waals surface area contributed by atoms with E-state index < -0.39 is 12.1 Å². The highest BCUT2D eigenvalue weighted by Gasteiger charge is 2.18. The minimum Gasteiger partial charge on any atom is -0.481 e. The Morgan fingerprint density at radius 2 is 1.26 bits per heavy atom. The Morgan fingerprint density at radius 3 is 1.80 bits per heavy atom. The van der Waals surface area contributed by atoms with Gasteiger partial charge < -0.3 is 30.3 Å². The van der Waals surface area contributed by atoms with E-state index >= 15 is 0 Å². The largest absolute Gasteiger partial charge is 0.481 e. The second-order valence-electron chi connectivity index (χ2n) is 10.4. The summed E-state index contributed by atoms with van der Waals surface area (Å²) in [6.07, 6.45) is 1.77. The van der Waals surface area contributed by atoms with Crippen LogP contribution in [0.4, 0.5) is 4.79 Å². The second kappa shape index (κ2) is 16.8. The van der Waals surface area contributed by atoms with Gasteiger partial charge in [-0.15, -0.1) is 0 Å². The fourth-order valence-corrected chi connectivity index (χ4v) is 5.67. The molecule has 0 unspecified atom stereocenters. The van der Waals surface area contributed by atoms with Gasteiger partial charge in [0.15, 0.2) is 0 Å².